The number of unbranched alkanes of at least 4 members (excludes halogenated alkanes) is 8. The molecule has 0 radical (unpaired) electrons. The van der Waals surface area contributed by atoms with E-state index in [4.69, 9.17) is 0 Å². The highest BCUT2D eigenvalue weighted by atomic mass is 16.1. The van der Waals surface area contributed by atoms with E-state index in [9.17, 15) is 4.79 Å². The normalized spacial score (nSPS) is 11.6. The summed E-state index contributed by atoms with van der Waals surface area (Å²) in [5, 5.41) is 3.05. The lowest BCUT2D eigenvalue weighted by atomic mass is 9.89. The molecular formula is C19H39NO. The summed E-state index contributed by atoms with van der Waals surface area (Å²) >= 11 is 0. The van der Waals surface area contributed by atoms with E-state index in [0.717, 1.165) is 19.4 Å². The smallest absolute Gasteiger partial charge is 0.219 e. The molecule has 2 nitrogen and oxygen atoms in total. The topological polar surface area (TPSA) is 29.1 Å². The molecule has 0 heterocycles. The Morgan fingerprint density at radius 2 is 1.38 bits per heavy atom. The summed E-state index contributed by atoms with van der Waals surface area (Å²) in [6.07, 6.45) is 14.6. The Morgan fingerprint density at radius 1 is 0.810 bits per heavy atom. The summed E-state index contributed by atoms with van der Waals surface area (Å²) in [5.74, 6) is 0.247. The number of amides is 1. The number of rotatable bonds is 13. The van der Waals surface area contributed by atoms with Gasteiger partial charge in [-0.15, -0.1) is 0 Å². The van der Waals surface area contributed by atoms with Crippen molar-refractivity contribution in [2.24, 2.45) is 5.41 Å². The Bertz CT molecular complexity index is 242. The zero-order valence-electron chi connectivity index (χ0n) is 15.1. The van der Waals surface area contributed by atoms with Crippen LogP contribution < -0.4 is 5.32 Å². The van der Waals surface area contributed by atoms with Gasteiger partial charge in [0, 0.05) is 13.0 Å². The molecule has 0 spiro atoms. The van der Waals surface area contributed by atoms with Crippen molar-refractivity contribution in [3.05, 3.63) is 0 Å². The van der Waals surface area contributed by atoms with E-state index >= 15 is 0 Å². The van der Waals surface area contributed by atoms with E-state index in [2.05, 4.69) is 33.0 Å². The molecule has 1 N–H and O–H groups in total. The van der Waals surface area contributed by atoms with Gasteiger partial charge in [0.25, 0.3) is 0 Å². The van der Waals surface area contributed by atoms with Crippen molar-refractivity contribution in [3.63, 3.8) is 0 Å². The van der Waals surface area contributed by atoms with Gasteiger partial charge in [0.2, 0.25) is 5.91 Å². The van der Waals surface area contributed by atoms with Crippen LogP contribution in [-0.2, 0) is 4.79 Å². The standard InChI is InChI=1S/C19H39NO/c1-5-6-7-8-9-10-14-17-20-18(21)15-12-11-13-16-19(2,3)4/h5-17H2,1-4H3,(H,20,21). The van der Waals surface area contributed by atoms with Crippen molar-refractivity contribution in [1.29, 1.82) is 0 Å². The minimum Gasteiger partial charge on any atom is -0.356 e. The molecule has 0 atom stereocenters. The molecule has 0 saturated carbocycles. The lowest BCUT2D eigenvalue weighted by Gasteiger charge is -2.17. The second-order valence-corrected chi connectivity index (χ2v) is 7.59. The molecule has 0 unspecified atom stereocenters. The highest BCUT2D eigenvalue weighted by Gasteiger charge is 2.09. The number of nitrogens with one attached hydrogen (secondary N) is 1. The summed E-state index contributed by atoms with van der Waals surface area (Å²) in [5.41, 5.74) is 0.430. The highest BCUT2D eigenvalue weighted by molar-refractivity contribution is 5.75. The van der Waals surface area contributed by atoms with Crippen LogP contribution in [0.4, 0.5) is 0 Å². The van der Waals surface area contributed by atoms with Crippen LogP contribution in [0.1, 0.15) is 105 Å². The molecule has 0 aliphatic rings. The Hall–Kier alpha value is -0.530. The van der Waals surface area contributed by atoms with Crippen molar-refractivity contribution in [2.75, 3.05) is 6.54 Å². The molecular weight excluding hydrogens is 258 g/mol. The SMILES string of the molecule is CCCCCCCCCNC(=O)CCCCCC(C)(C)C. The molecule has 0 fully saturated rings. The first-order valence-corrected chi connectivity index (χ1v) is 9.22. The minimum atomic E-state index is 0.247. The Morgan fingerprint density at radius 3 is 2.00 bits per heavy atom. The van der Waals surface area contributed by atoms with E-state index in [1.165, 1.54) is 57.8 Å². The van der Waals surface area contributed by atoms with Gasteiger partial charge in [-0.05, 0) is 24.7 Å². The van der Waals surface area contributed by atoms with Gasteiger partial charge >= 0.3 is 0 Å². The summed E-state index contributed by atoms with van der Waals surface area (Å²) in [6, 6.07) is 0. The number of carbonyl (C=O) groups is 1. The van der Waals surface area contributed by atoms with Gasteiger partial charge in [-0.2, -0.15) is 0 Å². The molecule has 0 aliphatic carbocycles. The third-order valence-corrected chi connectivity index (χ3v) is 3.93. The second-order valence-electron chi connectivity index (χ2n) is 7.59. The third kappa shape index (κ3) is 17.4. The van der Waals surface area contributed by atoms with Gasteiger partial charge in [-0.25, -0.2) is 0 Å². The summed E-state index contributed by atoms with van der Waals surface area (Å²) in [7, 11) is 0. The first-order chi connectivity index (χ1) is 9.95. The molecule has 126 valence electrons. The quantitative estimate of drug-likeness (QED) is 0.424. The zero-order valence-corrected chi connectivity index (χ0v) is 15.1. The number of hydrogen-bond donors (Lipinski definition) is 1. The number of carbonyl (C=O) groups excluding carboxylic acids is 1. The molecule has 0 aromatic rings. The fourth-order valence-electron chi connectivity index (χ4n) is 2.52. The van der Waals surface area contributed by atoms with E-state index in [0.29, 0.717) is 11.8 Å². The maximum Gasteiger partial charge on any atom is 0.219 e. The van der Waals surface area contributed by atoms with Gasteiger partial charge in [0.1, 0.15) is 0 Å². The predicted molar refractivity (Wildman–Crippen MR) is 93.5 cm³/mol. The molecule has 21 heavy (non-hydrogen) atoms. The first-order valence-electron chi connectivity index (χ1n) is 9.22. The molecule has 0 aromatic heterocycles. The van der Waals surface area contributed by atoms with Crippen molar-refractivity contribution >= 4 is 5.91 Å². The third-order valence-electron chi connectivity index (χ3n) is 3.93. The van der Waals surface area contributed by atoms with Crippen molar-refractivity contribution in [2.45, 2.75) is 105 Å². The van der Waals surface area contributed by atoms with Crippen molar-refractivity contribution in [3.8, 4) is 0 Å². The molecule has 0 rings (SSSR count). The van der Waals surface area contributed by atoms with Gasteiger partial charge in [0.05, 0.1) is 0 Å². The van der Waals surface area contributed by atoms with Crippen LogP contribution in [0.5, 0.6) is 0 Å². The predicted octanol–water partition coefficient (Wildman–Crippen LogP) is 5.85. The summed E-state index contributed by atoms with van der Waals surface area (Å²) in [6.45, 7) is 9.96. The average molecular weight is 298 g/mol. The summed E-state index contributed by atoms with van der Waals surface area (Å²) < 4.78 is 0. The molecule has 0 aliphatic heterocycles. The minimum absolute atomic E-state index is 0.247. The lowest BCUT2D eigenvalue weighted by Crippen LogP contribution is -2.23. The Kier molecular flexibility index (Phi) is 12.8. The van der Waals surface area contributed by atoms with Gasteiger partial charge in [-0.1, -0.05) is 79.1 Å². The Labute approximate surface area is 133 Å². The van der Waals surface area contributed by atoms with Crippen LogP contribution in [0.3, 0.4) is 0 Å². The fourth-order valence-corrected chi connectivity index (χ4v) is 2.52. The van der Waals surface area contributed by atoms with Gasteiger partial charge in [0.15, 0.2) is 0 Å². The maximum atomic E-state index is 11.7. The van der Waals surface area contributed by atoms with E-state index < -0.39 is 0 Å². The fraction of sp³-hybridized carbons (Fsp3) is 0.947. The number of hydrogen-bond acceptors (Lipinski definition) is 1. The van der Waals surface area contributed by atoms with E-state index in [-0.39, 0.29) is 5.91 Å². The first kappa shape index (κ1) is 20.5. The molecule has 0 bridgehead atoms. The van der Waals surface area contributed by atoms with Gasteiger partial charge in [-0.3, -0.25) is 4.79 Å². The van der Waals surface area contributed by atoms with Crippen molar-refractivity contribution < 1.29 is 4.79 Å². The van der Waals surface area contributed by atoms with E-state index in [1.807, 2.05) is 0 Å². The zero-order chi connectivity index (χ0) is 16.0. The van der Waals surface area contributed by atoms with Crippen LogP contribution in [0.2, 0.25) is 0 Å². The monoisotopic (exact) mass is 297 g/mol. The molecule has 1 amide bonds. The maximum absolute atomic E-state index is 11.7. The Balaban J connectivity index is 3.24. The highest BCUT2D eigenvalue weighted by Crippen LogP contribution is 2.22. The van der Waals surface area contributed by atoms with Crippen LogP contribution in [0, 0.1) is 5.41 Å². The average Bonchev–Trinajstić information content (AvgIpc) is 2.40. The van der Waals surface area contributed by atoms with Crippen LogP contribution in [0.15, 0.2) is 0 Å². The van der Waals surface area contributed by atoms with Crippen LogP contribution >= 0.6 is 0 Å². The molecule has 2 heteroatoms. The molecule has 0 aromatic carbocycles. The summed E-state index contributed by atoms with van der Waals surface area (Å²) in [4.78, 5) is 11.7. The largest absolute Gasteiger partial charge is 0.356 e. The second kappa shape index (κ2) is 13.2. The van der Waals surface area contributed by atoms with Crippen LogP contribution in [0.25, 0.3) is 0 Å². The van der Waals surface area contributed by atoms with E-state index in [1.54, 1.807) is 0 Å². The lowest BCUT2D eigenvalue weighted by molar-refractivity contribution is -0.121. The van der Waals surface area contributed by atoms with Gasteiger partial charge < -0.3 is 5.32 Å². The molecule has 0 saturated heterocycles. The van der Waals surface area contributed by atoms with Crippen molar-refractivity contribution in [1.82, 2.24) is 5.32 Å². The van der Waals surface area contributed by atoms with Crippen LogP contribution in [-0.4, -0.2) is 12.5 Å².